The highest BCUT2D eigenvalue weighted by Crippen LogP contribution is 2.28. The average Bonchev–Trinajstić information content (AvgIpc) is 2.43. The number of hydrogen-bond acceptors (Lipinski definition) is 2. The maximum Gasteiger partial charge on any atom is 0.123 e. The standard InChI is InChI=1S/C16H17BrFNO/c1-16(19,12-3-6-14(20-2)7-4-12)10-11-9-13(18)5-8-15(11)17/h3-9H,10,19H2,1-2H3. The van der Waals surface area contributed by atoms with Gasteiger partial charge in [-0.15, -0.1) is 0 Å². The van der Waals surface area contributed by atoms with Gasteiger partial charge in [0.05, 0.1) is 7.11 Å². The molecule has 0 radical (unpaired) electrons. The highest BCUT2D eigenvalue weighted by molar-refractivity contribution is 9.10. The Morgan fingerprint density at radius 2 is 1.85 bits per heavy atom. The lowest BCUT2D eigenvalue weighted by molar-refractivity contribution is 0.413. The van der Waals surface area contributed by atoms with Crippen LogP contribution in [0.25, 0.3) is 0 Å². The second-order valence-electron chi connectivity index (χ2n) is 5.06. The summed E-state index contributed by atoms with van der Waals surface area (Å²) in [5.74, 6) is 0.533. The molecule has 1 unspecified atom stereocenters. The lowest BCUT2D eigenvalue weighted by Crippen LogP contribution is -2.35. The van der Waals surface area contributed by atoms with E-state index in [-0.39, 0.29) is 5.82 Å². The zero-order valence-corrected chi connectivity index (χ0v) is 13.1. The summed E-state index contributed by atoms with van der Waals surface area (Å²) in [5.41, 5.74) is 7.65. The fourth-order valence-corrected chi connectivity index (χ4v) is 2.54. The molecule has 0 aliphatic rings. The van der Waals surface area contributed by atoms with Crippen LogP contribution >= 0.6 is 15.9 Å². The maximum absolute atomic E-state index is 13.3. The number of benzene rings is 2. The first-order chi connectivity index (χ1) is 9.42. The van der Waals surface area contributed by atoms with E-state index in [1.54, 1.807) is 13.2 Å². The first-order valence-electron chi connectivity index (χ1n) is 6.30. The quantitative estimate of drug-likeness (QED) is 0.914. The Morgan fingerprint density at radius 1 is 1.20 bits per heavy atom. The summed E-state index contributed by atoms with van der Waals surface area (Å²) in [6.45, 7) is 1.94. The zero-order chi connectivity index (χ0) is 14.8. The molecule has 0 fully saturated rings. The molecule has 2 rings (SSSR count). The highest BCUT2D eigenvalue weighted by Gasteiger charge is 2.23. The van der Waals surface area contributed by atoms with Gasteiger partial charge >= 0.3 is 0 Å². The molecule has 2 N–H and O–H groups in total. The predicted octanol–water partition coefficient (Wildman–Crippen LogP) is 4.01. The minimum atomic E-state index is -0.581. The SMILES string of the molecule is COc1ccc(C(C)(N)Cc2cc(F)ccc2Br)cc1. The van der Waals surface area contributed by atoms with Crippen LogP contribution in [0.5, 0.6) is 5.75 Å². The van der Waals surface area contributed by atoms with Gasteiger partial charge in [-0.05, 0) is 54.8 Å². The van der Waals surface area contributed by atoms with Gasteiger partial charge < -0.3 is 10.5 Å². The number of rotatable bonds is 4. The molecule has 0 amide bonds. The number of hydrogen-bond donors (Lipinski definition) is 1. The van der Waals surface area contributed by atoms with E-state index in [9.17, 15) is 4.39 Å². The van der Waals surface area contributed by atoms with Crippen molar-refractivity contribution >= 4 is 15.9 Å². The number of nitrogens with two attached hydrogens (primary N) is 1. The fourth-order valence-electron chi connectivity index (χ4n) is 2.15. The third-order valence-electron chi connectivity index (χ3n) is 3.31. The molecule has 4 heteroatoms. The van der Waals surface area contributed by atoms with Gasteiger partial charge in [0.15, 0.2) is 0 Å². The molecule has 0 spiro atoms. The smallest absolute Gasteiger partial charge is 0.123 e. The number of halogens is 2. The molecule has 2 nitrogen and oxygen atoms in total. The lowest BCUT2D eigenvalue weighted by Gasteiger charge is -2.26. The van der Waals surface area contributed by atoms with Crippen molar-refractivity contribution in [2.45, 2.75) is 18.9 Å². The van der Waals surface area contributed by atoms with Crippen molar-refractivity contribution in [3.63, 3.8) is 0 Å². The minimum Gasteiger partial charge on any atom is -0.497 e. The molecule has 0 aliphatic heterocycles. The number of ether oxygens (including phenoxy) is 1. The number of methoxy groups -OCH3 is 1. The van der Waals surface area contributed by atoms with Crippen LogP contribution in [0, 0.1) is 5.82 Å². The second-order valence-corrected chi connectivity index (χ2v) is 5.91. The Kier molecular flexibility index (Phi) is 4.45. The zero-order valence-electron chi connectivity index (χ0n) is 11.5. The van der Waals surface area contributed by atoms with E-state index in [2.05, 4.69) is 15.9 Å². The molecule has 0 bridgehead atoms. The van der Waals surface area contributed by atoms with Crippen LogP contribution in [0.4, 0.5) is 4.39 Å². The lowest BCUT2D eigenvalue weighted by atomic mass is 9.86. The third-order valence-corrected chi connectivity index (χ3v) is 4.09. The van der Waals surface area contributed by atoms with E-state index >= 15 is 0 Å². The van der Waals surface area contributed by atoms with E-state index in [1.165, 1.54) is 12.1 Å². The van der Waals surface area contributed by atoms with E-state index in [4.69, 9.17) is 10.5 Å². The first-order valence-corrected chi connectivity index (χ1v) is 7.09. The van der Waals surface area contributed by atoms with Crippen molar-refractivity contribution in [1.29, 1.82) is 0 Å². The Balaban J connectivity index is 2.27. The van der Waals surface area contributed by atoms with Gasteiger partial charge in [0.1, 0.15) is 11.6 Å². The summed E-state index contributed by atoms with van der Waals surface area (Å²) in [6.07, 6.45) is 0.539. The molecule has 0 aromatic heterocycles. The molecule has 20 heavy (non-hydrogen) atoms. The first kappa shape index (κ1) is 15.0. The molecule has 2 aromatic rings. The van der Waals surface area contributed by atoms with Crippen LogP contribution in [0.2, 0.25) is 0 Å². The molecule has 2 aromatic carbocycles. The van der Waals surface area contributed by atoms with E-state index in [0.29, 0.717) is 6.42 Å². The summed E-state index contributed by atoms with van der Waals surface area (Å²) in [4.78, 5) is 0. The van der Waals surface area contributed by atoms with Crippen LogP contribution in [-0.4, -0.2) is 7.11 Å². The van der Waals surface area contributed by atoms with Gasteiger partial charge in [-0.25, -0.2) is 4.39 Å². The van der Waals surface area contributed by atoms with Crippen LogP contribution in [0.15, 0.2) is 46.9 Å². The average molecular weight is 338 g/mol. The largest absolute Gasteiger partial charge is 0.497 e. The molecular formula is C16H17BrFNO. The van der Waals surface area contributed by atoms with Crippen molar-refractivity contribution < 1.29 is 9.13 Å². The normalized spacial score (nSPS) is 13.8. The molecule has 0 saturated heterocycles. The Morgan fingerprint density at radius 3 is 2.45 bits per heavy atom. The Hall–Kier alpha value is -1.39. The van der Waals surface area contributed by atoms with E-state index in [1.807, 2.05) is 31.2 Å². The van der Waals surface area contributed by atoms with Crippen molar-refractivity contribution in [3.05, 3.63) is 63.9 Å². The summed E-state index contributed by atoms with van der Waals surface area (Å²) in [5, 5.41) is 0. The van der Waals surface area contributed by atoms with Crippen LogP contribution in [-0.2, 0) is 12.0 Å². The maximum atomic E-state index is 13.3. The molecule has 0 aliphatic carbocycles. The van der Waals surface area contributed by atoms with Crippen LogP contribution in [0.1, 0.15) is 18.1 Å². The predicted molar refractivity (Wildman–Crippen MR) is 82.3 cm³/mol. The van der Waals surface area contributed by atoms with Gasteiger partial charge in [0.2, 0.25) is 0 Å². The summed E-state index contributed by atoms with van der Waals surface area (Å²) in [6, 6.07) is 12.3. The molecule has 1 atom stereocenters. The summed E-state index contributed by atoms with van der Waals surface area (Å²) < 4.78 is 19.3. The van der Waals surface area contributed by atoms with Gasteiger partial charge in [0, 0.05) is 10.0 Å². The van der Waals surface area contributed by atoms with Crippen LogP contribution < -0.4 is 10.5 Å². The minimum absolute atomic E-state index is 0.256. The molecule has 106 valence electrons. The van der Waals surface area contributed by atoms with Gasteiger partial charge in [-0.2, -0.15) is 0 Å². The molecule has 0 saturated carbocycles. The molecular weight excluding hydrogens is 321 g/mol. The topological polar surface area (TPSA) is 35.2 Å². The van der Waals surface area contributed by atoms with Gasteiger partial charge in [-0.1, -0.05) is 28.1 Å². The van der Waals surface area contributed by atoms with Gasteiger partial charge in [-0.3, -0.25) is 0 Å². The Bertz CT molecular complexity index is 596. The fraction of sp³-hybridized carbons (Fsp3) is 0.250. The summed E-state index contributed by atoms with van der Waals surface area (Å²) in [7, 11) is 1.63. The highest BCUT2D eigenvalue weighted by atomic mass is 79.9. The third kappa shape index (κ3) is 3.38. The second kappa shape index (κ2) is 5.94. The van der Waals surface area contributed by atoms with E-state index < -0.39 is 5.54 Å². The van der Waals surface area contributed by atoms with Crippen molar-refractivity contribution in [2.24, 2.45) is 5.73 Å². The van der Waals surface area contributed by atoms with Gasteiger partial charge in [0.25, 0.3) is 0 Å². The van der Waals surface area contributed by atoms with Crippen molar-refractivity contribution in [1.82, 2.24) is 0 Å². The van der Waals surface area contributed by atoms with Crippen molar-refractivity contribution in [3.8, 4) is 5.75 Å². The molecule has 0 heterocycles. The van der Waals surface area contributed by atoms with Crippen molar-refractivity contribution in [2.75, 3.05) is 7.11 Å². The summed E-state index contributed by atoms with van der Waals surface area (Å²) >= 11 is 3.44. The van der Waals surface area contributed by atoms with E-state index in [0.717, 1.165) is 21.3 Å². The monoisotopic (exact) mass is 337 g/mol. The Labute approximate surface area is 126 Å². The van der Waals surface area contributed by atoms with Crippen LogP contribution in [0.3, 0.4) is 0 Å².